The van der Waals surface area contributed by atoms with E-state index in [4.69, 9.17) is 21.7 Å². The van der Waals surface area contributed by atoms with E-state index >= 15 is 0 Å². The molecule has 4 aromatic rings. The molecule has 3 N–H and O–H groups in total. The number of aromatic hydroxyl groups is 1. The summed E-state index contributed by atoms with van der Waals surface area (Å²) in [6, 6.07) is 13.0. The van der Waals surface area contributed by atoms with Crippen molar-refractivity contribution in [1.82, 2.24) is 9.55 Å². The molecule has 0 radical (unpaired) electrons. The fourth-order valence-electron chi connectivity index (χ4n) is 3.69. The summed E-state index contributed by atoms with van der Waals surface area (Å²) in [6.45, 7) is 1.53. The molecule has 8 nitrogen and oxygen atoms in total. The monoisotopic (exact) mass is 467 g/mol. The summed E-state index contributed by atoms with van der Waals surface area (Å²) in [5, 5.41) is 22.8. The maximum atomic E-state index is 12.6. The van der Waals surface area contributed by atoms with Crippen LogP contribution in [0, 0.1) is 5.41 Å². The first kappa shape index (κ1) is 20.3. The van der Waals surface area contributed by atoms with Crippen molar-refractivity contribution in [2.45, 2.75) is 6.54 Å². The minimum absolute atomic E-state index is 0.00950. The summed E-state index contributed by atoms with van der Waals surface area (Å²) < 4.78 is 7.46. The molecule has 0 aliphatic carbocycles. The van der Waals surface area contributed by atoms with Crippen LogP contribution in [0.15, 0.2) is 54.9 Å². The number of pyridine rings is 1. The van der Waals surface area contributed by atoms with Gasteiger partial charge in [-0.3, -0.25) is 15.1 Å². The molecule has 1 aliphatic heterocycles. The predicted octanol–water partition coefficient (Wildman–Crippen LogP) is 4.53. The Morgan fingerprint density at radius 2 is 2.19 bits per heavy atom. The normalized spacial score (nSPS) is 13.5. The molecule has 4 heterocycles. The highest BCUT2D eigenvalue weighted by molar-refractivity contribution is 7.18. The Morgan fingerprint density at radius 1 is 1.31 bits per heavy atom. The zero-order chi connectivity index (χ0) is 22.2. The van der Waals surface area contributed by atoms with Crippen molar-refractivity contribution in [2.75, 3.05) is 23.4 Å². The van der Waals surface area contributed by atoms with Crippen LogP contribution in [0.25, 0.3) is 10.8 Å². The first-order valence-electron chi connectivity index (χ1n) is 9.81. The SMILES string of the molecule is N=C1OCCN1c1cccc(Cn2cc3ccnc(NC(=O)c4ccc(Cl)s4)c3c2O)c1. The Kier molecular flexibility index (Phi) is 5.20. The summed E-state index contributed by atoms with van der Waals surface area (Å²) >= 11 is 7.10. The highest BCUT2D eigenvalue weighted by Gasteiger charge is 2.21. The van der Waals surface area contributed by atoms with Crippen molar-refractivity contribution < 1.29 is 14.6 Å². The smallest absolute Gasteiger partial charge is 0.289 e. The number of rotatable bonds is 5. The molecular weight excluding hydrogens is 450 g/mol. The maximum absolute atomic E-state index is 12.6. The van der Waals surface area contributed by atoms with Gasteiger partial charge < -0.3 is 19.7 Å². The average molecular weight is 468 g/mol. The van der Waals surface area contributed by atoms with Crippen molar-refractivity contribution in [2.24, 2.45) is 0 Å². The molecule has 32 heavy (non-hydrogen) atoms. The first-order valence-corrected chi connectivity index (χ1v) is 11.0. The molecule has 10 heteroatoms. The molecule has 1 aliphatic rings. The van der Waals surface area contributed by atoms with Crippen molar-refractivity contribution in [3.63, 3.8) is 0 Å². The first-order chi connectivity index (χ1) is 15.5. The largest absolute Gasteiger partial charge is 0.494 e. The Balaban J connectivity index is 1.44. The second kappa shape index (κ2) is 8.18. The number of hydrogen-bond acceptors (Lipinski definition) is 6. The zero-order valence-corrected chi connectivity index (χ0v) is 18.3. The van der Waals surface area contributed by atoms with Crippen molar-refractivity contribution in [3.05, 3.63) is 69.6 Å². The number of anilines is 2. The number of amides is 1. The number of nitrogens with one attached hydrogen (secondary N) is 2. The molecule has 0 spiro atoms. The second-order valence-corrected chi connectivity index (χ2v) is 8.95. The molecule has 0 atom stereocenters. The number of halogens is 1. The average Bonchev–Trinajstić information content (AvgIpc) is 3.48. The van der Waals surface area contributed by atoms with Gasteiger partial charge in [-0.15, -0.1) is 11.3 Å². The van der Waals surface area contributed by atoms with E-state index in [0.29, 0.717) is 34.3 Å². The van der Waals surface area contributed by atoms with Gasteiger partial charge in [0.1, 0.15) is 12.4 Å². The lowest BCUT2D eigenvalue weighted by Gasteiger charge is -2.16. The lowest BCUT2D eigenvalue weighted by molar-refractivity contribution is 0.103. The van der Waals surface area contributed by atoms with Crippen LogP contribution in [0.1, 0.15) is 15.2 Å². The van der Waals surface area contributed by atoms with E-state index in [1.807, 2.05) is 30.5 Å². The van der Waals surface area contributed by atoms with Crippen LogP contribution in [0.3, 0.4) is 0 Å². The number of aromatic nitrogens is 2. The van der Waals surface area contributed by atoms with Crippen LogP contribution >= 0.6 is 22.9 Å². The number of amidine groups is 1. The van der Waals surface area contributed by atoms with Crippen LogP contribution in [-0.4, -0.2) is 39.7 Å². The summed E-state index contributed by atoms with van der Waals surface area (Å²) in [7, 11) is 0. The number of ether oxygens (including phenoxy) is 1. The van der Waals surface area contributed by atoms with E-state index in [9.17, 15) is 9.90 Å². The van der Waals surface area contributed by atoms with E-state index in [-0.39, 0.29) is 23.6 Å². The van der Waals surface area contributed by atoms with Crippen LogP contribution in [0.2, 0.25) is 4.34 Å². The molecule has 3 aromatic heterocycles. The van der Waals surface area contributed by atoms with Crippen molar-refractivity contribution >= 4 is 57.1 Å². The summed E-state index contributed by atoms with van der Waals surface area (Å²) in [4.78, 5) is 19.1. The van der Waals surface area contributed by atoms with Crippen LogP contribution in [0.4, 0.5) is 11.5 Å². The molecule has 1 amide bonds. The molecule has 162 valence electrons. The third-order valence-corrected chi connectivity index (χ3v) is 6.41. The van der Waals surface area contributed by atoms with E-state index in [0.717, 1.165) is 16.6 Å². The van der Waals surface area contributed by atoms with E-state index in [2.05, 4.69) is 10.3 Å². The van der Waals surface area contributed by atoms with E-state index in [1.165, 1.54) is 11.3 Å². The van der Waals surface area contributed by atoms with Gasteiger partial charge in [0, 0.05) is 23.5 Å². The van der Waals surface area contributed by atoms with Gasteiger partial charge in [-0.1, -0.05) is 23.7 Å². The Hall–Kier alpha value is -3.56. The lowest BCUT2D eigenvalue weighted by Crippen LogP contribution is -2.24. The quantitative estimate of drug-likeness (QED) is 0.400. The molecule has 0 unspecified atom stereocenters. The lowest BCUT2D eigenvalue weighted by atomic mass is 10.2. The molecule has 0 saturated carbocycles. The Morgan fingerprint density at radius 3 is 2.94 bits per heavy atom. The minimum atomic E-state index is -0.336. The van der Waals surface area contributed by atoms with Crippen LogP contribution in [0.5, 0.6) is 5.88 Å². The number of thiophene rings is 1. The minimum Gasteiger partial charge on any atom is -0.494 e. The maximum Gasteiger partial charge on any atom is 0.289 e. The molecule has 1 saturated heterocycles. The van der Waals surface area contributed by atoms with E-state index in [1.54, 1.807) is 33.9 Å². The van der Waals surface area contributed by atoms with Crippen molar-refractivity contribution in [3.8, 4) is 5.88 Å². The number of carbonyl (C=O) groups excluding carboxylic acids is 1. The topological polar surface area (TPSA) is 103 Å². The predicted molar refractivity (Wildman–Crippen MR) is 125 cm³/mol. The number of benzene rings is 1. The van der Waals surface area contributed by atoms with Gasteiger partial charge in [0.05, 0.1) is 27.7 Å². The Bertz CT molecular complexity index is 1350. The molecular formula is C22H18ClN5O3S. The third-order valence-electron chi connectivity index (χ3n) is 5.18. The molecule has 5 rings (SSSR count). The molecule has 1 aromatic carbocycles. The van der Waals surface area contributed by atoms with Crippen LogP contribution < -0.4 is 10.2 Å². The second-order valence-electron chi connectivity index (χ2n) is 7.24. The van der Waals surface area contributed by atoms with Crippen molar-refractivity contribution in [1.29, 1.82) is 5.41 Å². The van der Waals surface area contributed by atoms with Gasteiger partial charge in [0.15, 0.2) is 0 Å². The zero-order valence-electron chi connectivity index (χ0n) is 16.7. The molecule has 0 bridgehead atoms. The van der Waals surface area contributed by atoms with Gasteiger partial charge in [-0.25, -0.2) is 4.98 Å². The fourth-order valence-corrected chi connectivity index (χ4v) is 4.63. The standard InChI is InChI=1S/C22H18ClN5O3S/c23-17-5-4-16(32-17)20(29)26-19-18-14(6-7-25-19)12-27(21(18)30)11-13-2-1-3-15(10-13)28-8-9-31-22(28)24/h1-7,10,12,24,30H,8-9,11H2,(H,25,26,29). The van der Waals surface area contributed by atoms with Gasteiger partial charge in [0.25, 0.3) is 11.9 Å². The highest BCUT2D eigenvalue weighted by atomic mass is 35.5. The Labute approximate surface area is 192 Å². The van der Waals surface area contributed by atoms with Gasteiger partial charge in [0.2, 0.25) is 5.88 Å². The third kappa shape index (κ3) is 3.76. The summed E-state index contributed by atoms with van der Waals surface area (Å²) in [5.41, 5.74) is 1.81. The highest BCUT2D eigenvalue weighted by Crippen LogP contribution is 2.34. The number of hydrogen-bond donors (Lipinski definition) is 3. The number of fused-ring (bicyclic) bond motifs is 1. The summed E-state index contributed by atoms with van der Waals surface area (Å²) in [5.74, 6) is -0.0445. The van der Waals surface area contributed by atoms with E-state index < -0.39 is 0 Å². The van der Waals surface area contributed by atoms with Gasteiger partial charge in [-0.2, -0.15) is 0 Å². The summed E-state index contributed by atoms with van der Waals surface area (Å²) in [6.07, 6.45) is 3.40. The van der Waals surface area contributed by atoms with Gasteiger partial charge >= 0.3 is 0 Å². The van der Waals surface area contributed by atoms with Gasteiger partial charge in [-0.05, 0) is 35.9 Å². The number of carbonyl (C=O) groups is 1. The fraction of sp³-hybridized carbons (Fsp3) is 0.136. The molecule has 1 fully saturated rings. The number of nitrogens with zero attached hydrogens (tertiary/aromatic N) is 3. The van der Waals surface area contributed by atoms with Crippen LogP contribution in [-0.2, 0) is 11.3 Å².